The summed E-state index contributed by atoms with van der Waals surface area (Å²) in [6.07, 6.45) is 2.35. The molecule has 2 amide bonds. The van der Waals surface area contributed by atoms with Crippen molar-refractivity contribution in [2.75, 3.05) is 25.0 Å². The van der Waals surface area contributed by atoms with Crippen LogP contribution in [0.4, 0.5) is 5.69 Å². The normalized spacial score (nSPS) is 10.4. The number of benzene rings is 2. The van der Waals surface area contributed by atoms with Crippen LogP contribution in [0.25, 0.3) is 0 Å². The molecule has 0 atom stereocenters. The lowest BCUT2D eigenvalue weighted by molar-refractivity contribution is -0.129. The van der Waals surface area contributed by atoms with E-state index >= 15 is 0 Å². The highest BCUT2D eigenvalue weighted by Crippen LogP contribution is 2.21. The van der Waals surface area contributed by atoms with Crippen LogP contribution in [0.5, 0.6) is 5.75 Å². The van der Waals surface area contributed by atoms with Gasteiger partial charge in [-0.2, -0.15) is 0 Å². The molecule has 150 valence electrons. The second-order valence-corrected chi connectivity index (χ2v) is 6.86. The molecule has 0 unspecified atom stereocenters. The SMILES string of the molecule is CCCCN(C)C(=O)CCN(C(C)=O)c1ccc(OCc2ccccc2)cc1. The van der Waals surface area contributed by atoms with Crippen LogP contribution < -0.4 is 9.64 Å². The molecule has 0 N–H and O–H groups in total. The second kappa shape index (κ2) is 11.1. The second-order valence-electron chi connectivity index (χ2n) is 6.86. The van der Waals surface area contributed by atoms with Crippen LogP contribution in [0.2, 0.25) is 0 Å². The number of hydrogen-bond donors (Lipinski definition) is 0. The van der Waals surface area contributed by atoms with Crippen molar-refractivity contribution in [1.29, 1.82) is 0 Å². The third-order valence-corrected chi connectivity index (χ3v) is 4.60. The smallest absolute Gasteiger partial charge is 0.224 e. The Morgan fingerprint density at radius 1 is 0.964 bits per heavy atom. The molecule has 0 spiro atoms. The molecular weight excluding hydrogens is 352 g/mol. The molecule has 0 fully saturated rings. The standard InChI is InChI=1S/C23H30N2O3/c1-4-5-16-24(3)23(27)15-17-25(19(2)26)21-11-13-22(14-12-21)28-18-20-9-7-6-8-10-20/h6-14H,4-5,15-18H2,1-3H3. The van der Waals surface area contributed by atoms with Gasteiger partial charge in [-0.25, -0.2) is 0 Å². The summed E-state index contributed by atoms with van der Waals surface area (Å²) in [4.78, 5) is 27.7. The Hall–Kier alpha value is -2.82. The number of ether oxygens (including phenoxy) is 1. The first-order chi connectivity index (χ1) is 13.5. The fourth-order valence-electron chi connectivity index (χ4n) is 2.85. The first kappa shape index (κ1) is 21.5. The van der Waals surface area contributed by atoms with E-state index in [1.807, 2.05) is 61.6 Å². The summed E-state index contributed by atoms with van der Waals surface area (Å²) < 4.78 is 5.79. The molecule has 0 radical (unpaired) electrons. The maximum absolute atomic E-state index is 12.2. The lowest BCUT2D eigenvalue weighted by Crippen LogP contribution is -2.35. The number of hydrogen-bond acceptors (Lipinski definition) is 3. The molecule has 2 aromatic rings. The summed E-state index contributed by atoms with van der Waals surface area (Å²) in [5.74, 6) is 0.718. The average molecular weight is 383 g/mol. The molecule has 0 saturated heterocycles. The number of rotatable bonds is 10. The van der Waals surface area contributed by atoms with Crippen molar-refractivity contribution < 1.29 is 14.3 Å². The lowest BCUT2D eigenvalue weighted by atomic mass is 10.2. The number of unbranched alkanes of at least 4 members (excludes halogenated alkanes) is 1. The Balaban J connectivity index is 1.92. The molecule has 0 saturated carbocycles. The molecule has 2 rings (SSSR count). The topological polar surface area (TPSA) is 49.9 Å². The van der Waals surface area contributed by atoms with Crippen LogP contribution in [-0.4, -0.2) is 36.9 Å². The predicted molar refractivity (Wildman–Crippen MR) is 112 cm³/mol. The zero-order chi connectivity index (χ0) is 20.4. The van der Waals surface area contributed by atoms with E-state index in [0.717, 1.165) is 36.4 Å². The predicted octanol–water partition coefficient (Wildman–Crippen LogP) is 4.27. The van der Waals surface area contributed by atoms with Crippen LogP contribution in [0, 0.1) is 0 Å². The molecule has 0 bridgehead atoms. The van der Waals surface area contributed by atoms with E-state index in [4.69, 9.17) is 4.74 Å². The summed E-state index contributed by atoms with van der Waals surface area (Å²) in [6, 6.07) is 17.4. The zero-order valence-electron chi connectivity index (χ0n) is 17.1. The van der Waals surface area contributed by atoms with Crippen molar-refractivity contribution in [3.05, 3.63) is 60.2 Å². The van der Waals surface area contributed by atoms with Gasteiger partial charge in [0, 0.05) is 39.2 Å². The van der Waals surface area contributed by atoms with Gasteiger partial charge >= 0.3 is 0 Å². The molecule has 5 nitrogen and oxygen atoms in total. The molecular formula is C23H30N2O3. The van der Waals surface area contributed by atoms with Crippen LogP contribution in [0.3, 0.4) is 0 Å². The van der Waals surface area contributed by atoms with Gasteiger partial charge in [-0.15, -0.1) is 0 Å². The van der Waals surface area contributed by atoms with Crippen molar-refractivity contribution in [1.82, 2.24) is 4.90 Å². The quantitative estimate of drug-likeness (QED) is 0.617. The van der Waals surface area contributed by atoms with E-state index in [0.29, 0.717) is 19.6 Å². The van der Waals surface area contributed by atoms with Gasteiger partial charge in [0.05, 0.1) is 0 Å². The van der Waals surface area contributed by atoms with Crippen molar-refractivity contribution in [3.63, 3.8) is 0 Å². The third kappa shape index (κ3) is 6.72. The third-order valence-electron chi connectivity index (χ3n) is 4.60. The highest BCUT2D eigenvalue weighted by molar-refractivity contribution is 5.92. The number of carbonyl (C=O) groups is 2. The first-order valence-corrected chi connectivity index (χ1v) is 9.80. The number of carbonyl (C=O) groups excluding carboxylic acids is 2. The molecule has 28 heavy (non-hydrogen) atoms. The lowest BCUT2D eigenvalue weighted by Gasteiger charge is -2.23. The summed E-state index contributed by atoms with van der Waals surface area (Å²) in [5.41, 5.74) is 1.87. The van der Waals surface area contributed by atoms with E-state index in [1.165, 1.54) is 6.92 Å². The number of amides is 2. The Labute approximate surface area is 167 Å². The van der Waals surface area contributed by atoms with Gasteiger partial charge in [-0.3, -0.25) is 9.59 Å². The van der Waals surface area contributed by atoms with Crippen LogP contribution in [0.1, 0.15) is 38.7 Å². The van der Waals surface area contributed by atoms with E-state index in [-0.39, 0.29) is 11.8 Å². The zero-order valence-corrected chi connectivity index (χ0v) is 17.1. The van der Waals surface area contributed by atoms with Gasteiger partial charge in [-0.1, -0.05) is 43.7 Å². The first-order valence-electron chi connectivity index (χ1n) is 9.80. The van der Waals surface area contributed by atoms with E-state index in [2.05, 4.69) is 6.92 Å². The van der Waals surface area contributed by atoms with Crippen LogP contribution in [-0.2, 0) is 16.2 Å². The molecule has 0 aromatic heterocycles. The van der Waals surface area contributed by atoms with Crippen molar-refractivity contribution in [2.45, 2.75) is 39.7 Å². The minimum Gasteiger partial charge on any atom is -0.489 e. The van der Waals surface area contributed by atoms with Crippen LogP contribution in [0.15, 0.2) is 54.6 Å². The number of nitrogens with zero attached hydrogens (tertiary/aromatic N) is 2. The van der Waals surface area contributed by atoms with Gasteiger partial charge in [0.25, 0.3) is 0 Å². The average Bonchev–Trinajstić information content (AvgIpc) is 2.71. The minimum absolute atomic E-state index is 0.0579. The summed E-state index contributed by atoms with van der Waals surface area (Å²) in [7, 11) is 1.81. The van der Waals surface area contributed by atoms with Crippen molar-refractivity contribution in [3.8, 4) is 5.75 Å². The monoisotopic (exact) mass is 382 g/mol. The largest absolute Gasteiger partial charge is 0.489 e. The Kier molecular flexibility index (Phi) is 8.53. The highest BCUT2D eigenvalue weighted by Gasteiger charge is 2.15. The van der Waals surface area contributed by atoms with Gasteiger partial charge in [0.2, 0.25) is 11.8 Å². The molecule has 0 aliphatic heterocycles. The van der Waals surface area contributed by atoms with Crippen molar-refractivity contribution >= 4 is 17.5 Å². The maximum atomic E-state index is 12.2. The Bertz CT molecular complexity index is 744. The van der Waals surface area contributed by atoms with Gasteiger partial charge in [0.1, 0.15) is 12.4 Å². The van der Waals surface area contributed by atoms with Gasteiger partial charge in [-0.05, 0) is 36.2 Å². The summed E-state index contributed by atoms with van der Waals surface area (Å²) in [5, 5.41) is 0. The molecule has 2 aromatic carbocycles. The molecule has 0 heterocycles. The van der Waals surface area contributed by atoms with Gasteiger partial charge in [0.15, 0.2) is 0 Å². The fraction of sp³-hybridized carbons (Fsp3) is 0.391. The van der Waals surface area contributed by atoms with Crippen LogP contribution >= 0.6 is 0 Å². The summed E-state index contributed by atoms with van der Waals surface area (Å²) in [6.45, 7) is 5.24. The van der Waals surface area contributed by atoms with E-state index < -0.39 is 0 Å². The fourth-order valence-corrected chi connectivity index (χ4v) is 2.85. The highest BCUT2D eigenvalue weighted by atomic mass is 16.5. The van der Waals surface area contributed by atoms with E-state index in [9.17, 15) is 9.59 Å². The molecule has 0 aliphatic rings. The minimum atomic E-state index is -0.0815. The van der Waals surface area contributed by atoms with Gasteiger partial charge < -0.3 is 14.5 Å². The Morgan fingerprint density at radius 2 is 1.64 bits per heavy atom. The van der Waals surface area contributed by atoms with Crippen molar-refractivity contribution in [2.24, 2.45) is 0 Å². The van der Waals surface area contributed by atoms with E-state index in [1.54, 1.807) is 9.80 Å². The molecule has 0 aliphatic carbocycles. The number of anilines is 1. The Morgan fingerprint density at radius 3 is 2.25 bits per heavy atom. The summed E-state index contributed by atoms with van der Waals surface area (Å²) >= 11 is 0. The molecule has 5 heteroatoms. The maximum Gasteiger partial charge on any atom is 0.224 e.